The number of carbonyl (C=O) groups excluding carboxylic acids is 3. The first-order chi connectivity index (χ1) is 14.4. The summed E-state index contributed by atoms with van der Waals surface area (Å²) in [4.78, 5) is 37.4. The van der Waals surface area contributed by atoms with Crippen LogP contribution in [0.15, 0.2) is 23.9 Å². The molecule has 3 N–H and O–H groups in total. The van der Waals surface area contributed by atoms with Crippen LogP contribution in [0.25, 0.3) is 0 Å². The van der Waals surface area contributed by atoms with Crippen LogP contribution in [0.3, 0.4) is 0 Å². The highest BCUT2D eigenvalue weighted by molar-refractivity contribution is 5.88. The zero-order valence-electron chi connectivity index (χ0n) is 19.8. The number of allylic oxidation sites excluding steroid dienone is 2. The minimum Gasteiger partial charge on any atom is -0.460 e. The van der Waals surface area contributed by atoms with Crippen molar-refractivity contribution < 1.29 is 19.1 Å². The molecule has 1 heterocycles. The molecular weight excluding hydrogens is 396 g/mol. The summed E-state index contributed by atoms with van der Waals surface area (Å²) >= 11 is 0. The summed E-state index contributed by atoms with van der Waals surface area (Å²) in [6.07, 6.45) is 3.57. The van der Waals surface area contributed by atoms with Crippen molar-refractivity contribution in [3.8, 4) is 0 Å². The van der Waals surface area contributed by atoms with Crippen molar-refractivity contribution in [2.75, 3.05) is 26.2 Å². The Morgan fingerprint density at radius 3 is 2.35 bits per heavy atom. The van der Waals surface area contributed by atoms with E-state index in [4.69, 9.17) is 10.1 Å². The van der Waals surface area contributed by atoms with E-state index in [-0.39, 0.29) is 31.4 Å². The van der Waals surface area contributed by atoms with Crippen molar-refractivity contribution in [1.29, 1.82) is 5.41 Å². The van der Waals surface area contributed by atoms with Crippen LogP contribution in [-0.2, 0) is 19.1 Å². The molecule has 0 unspecified atom stereocenters. The molecule has 0 atom stereocenters. The summed E-state index contributed by atoms with van der Waals surface area (Å²) in [7, 11) is 0. The highest BCUT2D eigenvalue weighted by Crippen LogP contribution is 2.46. The maximum absolute atomic E-state index is 12.3. The van der Waals surface area contributed by atoms with Gasteiger partial charge in [0.25, 0.3) is 0 Å². The topological polar surface area (TPSA) is 112 Å². The largest absolute Gasteiger partial charge is 0.460 e. The van der Waals surface area contributed by atoms with E-state index in [9.17, 15) is 14.4 Å². The molecule has 8 heteroatoms. The highest BCUT2D eigenvalue weighted by Gasteiger charge is 2.46. The van der Waals surface area contributed by atoms with E-state index in [0.717, 1.165) is 12.1 Å². The molecule has 2 amide bonds. The van der Waals surface area contributed by atoms with E-state index < -0.39 is 16.8 Å². The molecule has 1 aliphatic rings. The van der Waals surface area contributed by atoms with Crippen LogP contribution in [0.1, 0.15) is 60.8 Å². The van der Waals surface area contributed by atoms with Gasteiger partial charge in [0, 0.05) is 48.0 Å². The molecule has 0 radical (unpaired) electrons. The number of amidine groups is 1. The van der Waals surface area contributed by atoms with Gasteiger partial charge in [-0.15, -0.1) is 0 Å². The van der Waals surface area contributed by atoms with Crippen molar-refractivity contribution in [2.24, 2.45) is 10.8 Å². The third-order valence-corrected chi connectivity index (χ3v) is 6.13. The van der Waals surface area contributed by atoms with Gasteiger partial charge in [-0.1, -0.05) is 40.3 Å². The molecule has 0 aromatic heterocycles. The van der Waals surface area contributed by atoms with Crippen LogP contribution in [0.2, 0.25) is 0 Å². The average molecular weight is 435 g/mol. The summed E-state index contributed by atoms with van der Waals surface area (Å²) in [5.41, 5.74) is 0.176. The maximum atomic E-state index is 12.3. The van der Waals surface area contributed by atoms with Gasteiger partial charge in [0.05, 0.1) is 12.4 Å². The van der Waals surface area contributed by atoms with E-state index in [2.05, 4.69) is 17.2 Å². The number of nitrogens with zero attached hydrogens (tertiary/aromatic N) is 1. The number of hydrogen-bond acceptors (Lipinski definition) is 5. The van der Waals surface area contributed by atoms with Crippen molar-refractivity contribution >= 4 is 23.6 Å². The van der Waals surface area contributed by atoms with Gasteiger partial charge >= 0.3 is 5.97 Å². The SMILES string of the molecule is C=C(C)C(=O)OCCNC(=O)CCNC(=N)C(C)(C)C(C)(C)C(=CC)N1CCCC1=O. The second-order valence-electron chi connectivity index (χ2n) is 8.89. The number of rotatable bonds is 11. The molecule has 1 saturated heterocycles. The lowest BCUT2D eigenvalue weighted by Gasteiger charge is -2.46. The van der Waals surface area contributed by atoms with Crippen LogP contribution in [0, 0.1) is 16.2 Å². The summed E-state index contributed by atoms with van der Waals surface area (Å²) in [5, 5.41) is 14.3. The quantitative estimate of drug-likeness (QED) is 0.152. The zero-order chi connectivity index (χ0) is 23.8. The Hall–Kier alpha value is -2.64. The molecule has 0 spiro atoms. The van der Waals surface area contributed by atoms with Crippen LogP contribution in [0.4, 0.5) is 0 Å². The fraction of sp³-hybridized carbons (Fsp3) is 0.652. The molecule has 0 aliphatic carbocycles. The van der Waals surface area contributed by atoms with Crippen molar-refractivity contribution in [2.45, 2.75) is 60.8 Å². The van der Waals surface area contributed by atoms with E-state index in [1.807, 2.05) is 45.6 Å². The maximum Gasteiger partial charge on any atom is 0.333 e. The highest BCUT2D eigenvalue weighted by atomic mass is 16.5. The molecule has 31 heavy (non-hydrogen) atoms. The average Bonchev–Trinajstić information content (AvgIpc) is 3.10. The van der Waals surface area contributed by atoms with Crippen LogP contribution in [-0.4, -0.2) is 54.8 Å². The Bertz CT molecular complexity index is 753. The van der Waals surface area contributed by atoms with Gasteiger partial charge in [-0.05, 0) is 20.3 Å². The number of nitrogens with one attached hydrogen (secondary N) is 3. The summed E-state index contributed by atoms with van der Waals surface area (Å²) in [5.74, 6) is -0.236. The van der Waals surface area contributed by atoms with Gasteiger partial charge < -0.3 is 20.3 Å². The Balaban J connectivity index is 2.55. The van der Waals surface area contributed by atoms with Crippen molar-refractivity contribution in [3.63, 3.8) is 0 Å². The molecule has 0 aromatic rings. The standard InChI is InChI=1S/C23H38N4O4/c1-8-17(27-14-9-10-19(27)29)22(4,5)23(6,7)21(24)26-12-11-18(28)25-13-15-31-20(30)16(2)3/h8H,2,9-15H2,1,3-7H3,(H2,24,26)(H,25,28). The minimum absolute atomic E-state index is 0.0866. The van der Waals surface area contributed by atoms with Gasteiger partial charge in [0.1, 0.15) is 6.61 Å². The van der Waals surface area contributed by atoms with Crippen molar-refractivity contribution in [3.05, 3.63) is 23.9 Å². The fourth-order valence-electron chi connectivity index (χ4n) is 3.46. The smallest absolute Gasteiger partial charge is 0.333 e. The third-order valence-electron chi connectivity index (χ3n) is 6.13. The number of esters is 1. The fourth-order valence-corrected chi connectivity index (χ4v) is 3.46. The van der Waals surface area contributed by atoms with E-state index in [0.29, 0.717) is 30.9 Å². The lowest BCUT2D eigenvalue weighted by molar-refractivity contribution is -0.139. The predicted molar refractivity (Wildman–Crippen MR) is 121 cm³/mol. The monoisotopic (exact) mass is 434 g/mol. The van der Waals surface area contributed by atoms with E-state index in [1.165, 1.54) is 0 Å². The molecule has 0 bridgehead atoms. The molecular formula is C23H38N4O4. The normalized spacial score (nSPS) is 15.0. The Morgan fingerprint density at radius 1 is 1.19 bits per heavy atom. The van der Waals surface area contributed by atoms with Crippen LogP contribution < -0.4 is 10.6 Å². The first-order valence-electron chi connectivity index (χ1n) is 10.8. The predicted octanol–water partition coefficient (Wildman–Crippen LogP) is 2.76. The Kier molecular flexibility index (Phi) is 9.46. The summed E-state index contributed by atoms with van der Waals surface area (Å²) in [6.45, 7) is 16.3. The van der Waals surface area contributed by atoms with Gasteiger partial charge in [0.2, 0.25) is 11.8 Å². The number of likely N-dealkylation sites (tertiary alicyclic amines) is 1. The number of carbonyl (C=O) groups is 3. The molecule has 1 aliphatic heterocycles. The molecule has 8 nitrogen and oxygen atoms in total. The number of hydrogen-bond donors (Lipinski definition) is 3. The van der Waals surface area contributed by atoms with E-state index >= 15 is 0 Å². The first-order valence-corrected chi connectivity index (χ1v) is 10.8. The van der Waals surface area contributed by atoms with Crippen molar-refractivity contribution in [1.82, 2.24) is 15.5 Å². The Labute approximate surface area is 186 Å². The molecule has 174 valence electrons. The molecule has 0 aromatic carbocycles. The van der Waals surface area contributed by atoms with E-state index in [1.54, 1.807) is 6.92 Å². The second kappa shape index (κ2) is 11.1. The third kappa shape index (κ3) is 6.67. The van der Waals surface area contributed by atoms with Gasteiger partial charge in [-0.2, -0.15) is 0 Å². The van der Waals surface area contributed by atoms with Gasteiger partial charge in [-0.25, -0.2) is 4.79 Å². The molecule has 0 saturated carbocycles. The lowest BCUT2D eigenvalue weighted by atomic mass is 9.64. The van der Waals surface area contributed by atoms with Crippen LogP contribution >= 0.6 is 0 Å². The second-order valence-corrected chi connectivity index (χ2v) is 8.89. The molecule has 1 fully saturated rings. The zero-order valence-corrected chi connectivity index (χ0v) is 19.8. The Morgan fingerprint density at radius 2 is 1.84 bits per heavy atom. The minimum atomic E-state index is -0.592. The first kappa shape index (κ1) is 26.4. The number of ether oxygens (including phenoxy) is 1. The summed E-state index contributed by atoms with van der Waals surface area (Å²) < 4.78 is 4.93. The van der Waals surface area contributed by atoms with Crippen LogP contribution in [0.5, 0.6) is 0 Å². The summed E-state index contributed by atoms with van der Waals surface area (Å²) in [6, 6.07) is 0. The number of amides is 2. The molecule has 1 rings (SSSR count). The van der Waals surface area contributed by atoms with Gasteiger partial charge in [-0.3, -0.25) is 15.0 Å². The lowest BCUT2D eigenvalue weighted by Crippen LogP contribution is -2.50. The van der Waals surface area contributed by atoms with Gasteiger partial charge in [0.15, 0.2) is 0 Å².